The SMILES string of the molecule is Cc1cc(C)cc(CC(N)c2cc(Br)ccc2Cl)c1. The van der Waals surface area contributed by atoms with E-state index in [1.807, 2.05) is 18.2 Å². The highest BCUT2D eigenvalue weighted by atomic mass is 79.9. The van der Waals surface area contributed by atoms with E-state index < -0.39 is 0 Å². The van der Waals surface area contributed by atoms with Gasteiger partial charge < -0.3 is 5.73 Å². The maximum absolute atomic E-state index is 6.29. The van der Waals surface area contributed by atoms with Gasteiger partial charge in [-0.05, 0) is 49.6 Å². The molecule has 0 radical (unpaired) electrons. The van der Waals surface area contributed by atoms with Crippen molar-refractivity contribution in [3.05, 3.63) is 68.1 Å². The van der Waals surface area contributed by atoms with Gasteiger partial charge in [-0.25, -0.2) is 0 Å². The smallest absolute Gasteiger partial charge is 0.0454 e. The van der Waals surface area contributed by atoms with Gasteiger partial charge >= 0.3 is 0 Å². The summed E-state index contributed by atoms with van der Waals surface area (Å²) in [7, 11) is 0. The first-order valence-corrected chi connectivity index (χ1v) is 7.40. The summed E-state index contributed by atoms with van der Waals surface area (Å²) in [5.41, 5.74) is 11.1. The highest BCUT2D eigenvalue weighted by Gasteiger charge is 2.12. The minimum absolute atomic E-state index is 0.0915. The lowest BCUT2D eigenvalue weighted by Gasteiger charge is -2.15. The molecule has 0 saturated carbocycles. The lowest BCUT2D eigenvalue weighted by Crippen LogP contribution is -2.14. The van der Waals surface area contributed by atoms with Gasteiger partial charge in [0.25, 0.3) is 0 Å². The summed E-state index contributed by atoms with van der Waals surface area (Å²) in [6.45, 7) is 4.21. The molecule has 0 bridgehead atoms. The van der Waals surface area contributed by atoms with E-state index in [1.165, 1.54) is 16.7 Å². The van der Waals surface area contributed by atoms with E-state index in [4.69, 9.17) is 17.3 Å². The number of benzene rings is 2. The monoisotopic (exact) mass is 337 g/mol. The molecule has 2 aromatic rings. The van der Waals surface area contributed by atoms with Crippen LogP contribution in [0.2, 0.25) is 5.02 Å². The fourth-order valence-corrected chi connectivity index (χ4v) is 2.99. The summed E-state index contributed by atoms with van der Waals surface area (Å²) >= 11 is 9.68. The lowest BCUT2D eigenvalue weighted by molar-refractivity contribution is 0.721. The molecule has 2 N–H and O–H groups in total. The summed E-state index contributed by atoms with van der Waals surface area (Å²) in [6.07, 6.45) is 0.790. The second-order valence-corrected chi connectivity index (χ2v) is 6.30. The van der Waals surface area contributed by atoms with Gasteiger partial charge in [0.2, 0.25) is 0 Å². The third-order valence-corrected chi connectivity index (χ3v) is 3.93. The predicted octanol–water partition coefficient (Wildman–Crippen LogP) is 4.96. The van der Waals surface area contributed by atoms with E-state index in [0.29, 0.717) is 0 Å². The molecule has 0 aromatic heterocycles. The number of hydrogen-bond donors (Lipinski definition) is 1. The van der Waals surface area contributed by atoms with Crippen molar-refractivity contribution in [2.24, 2.45) is 5.73 Å². The summed E-state index contributed by atoms with van der Waals surface area (Å²) in [5, 5.41) is 0.722. The maximum atomic E-state index is 6.29. The van der Waals surface area contributed by atoms with Gasteiger partial charge in [0.15, 0.2) is 0 Å². The summed E-state index contributed by atoms with van der Waals surface area (Å²) in [5.74, 6) is 0. The fourth-order valence-electron chi connectivity index (χ4n) is 2.35. The molecular weight excluding hydrogens is 322 g/mol. The van der Waals surface area contributed by atoms with Gasteiger partial charge in [-0.1, -0.05) is 56.9 Å². The first kappa shape index (κ1) is 14.6. The zero-order chi connectivity index (χ0) is 14.0. The molecule has 0 amide bonds. The van der Waals surface area contributed by atoms with Crippen molar-refractivity contribution < 1.29 is 0 Å². The van der Waals surface area contributed by atoms with E-state index in [0.717, 1.165) is 21.5 Å². The van der Waals surface area contributed by atoms with Crippen LogP contribution in [-0.2, 0) is 6.42 Å². The number of aryl methyl sites for hydroxylation is 2. The van der Waals surface area contributed by atoms with Crippen LogP contribution in [0, 0.1) is 13.8 Å². The molecule has 2 rings (SSSR count). The molecule has 0 aliphatic heterocycles. The Hall–Kier alpha value is -0.830. The Morgan fingerprint density at radius 1 is 1.11 bits per heavy atom. The lowest BCUT2D eigenvalue weighted by atomic mass is 9.97. The average Bonchev–Trinajstić information content (AvgIpc) is 2.30. The van der Waals surface area contributed by atoms with Crippen molar-refractivity contribution in [2.75, 3.05) is 0 Å². The normalized spacial score (nSPS) is 12.5. The Kier molecular flexibility index (Phi) is 4.67. The molecular formula is C16H17BrClN. The van der Waals surface area contributed by atoms with Crippen LogP contribution in [0.25, 0.3) is 0 Å². The van der Waals surface area contributed by atoms with Crippen molar-refractivity contribution in [1.82, 2.24) is 0 Å². The number of hydrogen-bond acceptors (Lipinski definition) is 1. The van der Waals surface area contributed by atoms with Crippen LogP contribution in [-0.4, -0.2) is 0 Å². The second kappa shape index (κ2) is 6.08. The van der Waals surface area contributed by atoms with Crippen LogP contribution in [0.3, 0.4) is 0 Å². The quantitative estimate of drug-likeness (QED) is 0.841. The Labute approximate surface area is 127 Å². The Morgan fingerprint density at radius 2 is 1.74 bits per heavy atom. The van der Waals surface area contributed by atoms with E-state index in [2.05, 4.69) is 48.0 Å². The second-order valence-electron chi connectivity index (χ2n) is 4.97. The van der Waals surface area contributed by atoms with Gasteiger partial charge in [0.05, 0.1) is 0 Å². The highest BCUT2D eigenvalue weighted by molar-refractivity contribution is 9.10. The van der Waals surface area contributed by atoms with E-state index in [-0.39, 0.29) is 6.04 Å². The van der Waals surface area contributed by atoms with Crippen molar-refractivity contribution in [1.29, 1.82) is 0 Å². The summed E-state index contributed by atoms with van der Waals surface area (Å²) < 4.78 is 1.00. The van der Waals surface area contributed by atoms with Gasteiger partial charge in [-0.15, -0.1) is 0 Å². The molecule has 2 aromatic carbocycles. The molecule has 3 heteroatoms. The first-order chi connectivity index (χ1) is 8.95. The largest absolute Gasteiger partial charge is 0.324 e. The molecule has 0 fully saturated rings. The first-order valence-electron chi connectivity index (χ1n) is 6.23. The van der Waals surface area contributed by atoms with Crippen LogP contribution < -0.4 is 5.73 Å². The average molecular weight is 339 g/mol. The van der Waals surface area contributed by atoms with Crippen LogP contribution in [0.5, 0.6) is 0 Å². The molecule has 0 aliphatic rings. The number of nitrogens with two attached hydrogens (primary N) is 1. The third-order valence-electron chi connectivity index (χ3n) is 3.09. The van der Waals surface area contributed by atoms with E-state index in [9.17, 15) is 0 Å². The van der Waals surface area contributed by atoms with Gasteiger partial charge in [-0.2, -0.15) is 0 Å². The highest BCUT2D eigenvalue weighted by Crippen LogP contribution is 2.27. The van der Waals surface area contributed by atoms with E-state index in [1.54, 1.807) is 0 Å². The molecule has 1 unspecified atom stereocenters. The van der Waals surface area contributed by atoms with Crippen molar-refractivity contribution >= 4 is 27.5 Å². The molecule has 100 valence electrons. The van der Waals surface area contributed by atoms with Gasteiger partial charge in [-0.3, -0.25) is 0 Å². The molecule has 0 aliphatic carbocycles. The molecule has 0 heterocycles. The van der Waals surface area contributed by atoms with Crippen molar-refractivity contribution in [3.63, 3.8) is 0 Å². The van der Waals surface area contributed by atoms with Crippen molar-refractivity contribution in [3.8, 4) is 0 Å². The van der Waals surface area contributed by atoms with E-state index >= 15 is 0 Å². The fraction of sp³-hybridized carbons (Fsp3) is 0.250. The predicted molar refractivity (Wildman–Crippen MR) is 85.7 cm³/mol. The van der Waals surface area contributed by atoms with Gasteiger partial charge in [0.1, 0.15) is 0 Å². The van der Waals surface area contributed by atoms with Crippen LogP contribution in [0.4, 0.5) is 0 Å². The minimum atomic E-state index is -0.0915. The molecule has 19 heavy (non-hydrogen) atoms. The topological polar surface area (TPSA) is 26.0 Å². The Morgan fingerprint density at radius 3 is 2.37 bits per heavy atom. The molecule has 1 atom stereocenters. The molecule has 0 spiro atoms. The van der Waals surface area contributed by atoms with Crippen molar-refractivity contribution in [2.45, 2.75) is 26.3 Å². The van der Waals surface area contributed by atoms with Crippen LogP contribution in [0.1, 0.15) is 28.3 Å². The Balaban J connectivity index is 2.25. The molecule has 1 nitrogen and oxygen atoms in total. The molecule has 0 saturated heterocycles. The number of halogens is 2. The van der Waals surface area contributed by atoms with Crippen LogP contribution in [0.15, 0.2) is 40.9 Å². The van der Waals surface area contributed by atoms with Crippen LogP contribution >= 0.6 is 27.5 Å². The standard InChI is InChI=1S/C16H17BrClN/c1-10-5-11(2)7-12(6-10)8-16(19)14-9-13(17)3-4-15(14)18/h3-7,9,16H,8,19H2,1-2H3. The summed E-state index contributed by atoms with van der Waals surface area (Å²) in [4.78, 5) is 0. The zero-order valence-corrected chi connectivity index (χ0v) is 13.4. The van der Waals surface area contributed by atoms with Gasteiger partial charge in [0, 0.05) is 15.5 Å². The Bertz CT molecular complexity index is 575. The minimum Gasteiger partial charge on any atom is -0.324 e. The maximum Gasteiger partial charge on any atom is 0.0454 e. The third kappa shape index (κ3) is 3.82. The summed E-state index contributed by atoms with van der Waals surface area (Å²) in [6, 6.07) is 12.2. The zero-order valence-electron chi connectivity index (χ0n) is 11.1. The number of rotatable bonds is 3.